The Balaban J connectivity index is 1.69. The van der Waals surface area contributed by atoms with Gasteiger partial charge in [-0.05, 0) is 36.8 Å². The molecule has 136 valence electrons. The Bertz CT molecular complexity index is 1140. The SMILES string of the molecule is CCN(Cc1nc2sc(-c3ccccc3)cc2c(=O)[nH]1)c1cccc(F)c1. The first kappa shape index (κ1) is 17.4. The lowest BCUT2D eigenvalue weighted by Crippen LogP contribution is -2.25. The van der Waals surface area contributed by atoms with Crippen molar-refractivity contribution in [3.63, 3.8) is 0 Å². The smallest absolute Gasteiger partial charge is 0.259 e. The summed E-state index contributed by atoms with van der Waals surface area (Å²) in [6, 6.07) is 18.3. The third-order valence-corrected chi connectivity index (χ3v) is 5.48. The van der Waals surface area contributed by atoms with E-state index in [1.54, 1.807) is 6.07 Å². The van der Waals surface area contributed by atoms with Crippen LogP contribution in [0.2, 0.25) is 0 Å². The number of benzene rings is 2. The second-order valence-electron chi connectivity index (χ2n) is 6.20. The summed E-state index contributed by atoms with van der Waals surface area (Å²) in [5.41, 5.74) is 1.68. The van der Waals surface area contributed by atoms with Gasteiger partial charge in [-0.3, -0.25) is 4.79 Å². The molecule has 1 N–H and O–H groups in total. The zero-order valence-corrected chi connectivity index (χ0v) is 15.6. The highest BCUT2D eigenvalue weighted by Gasteiger charge is 2.13. The Labute approximate surface area is 159 Å². The van der Waals surface area contributed by atoms with Gasteiger partial charge in [-0.25, -0.2) is 9.37 Å². The summed E-state index contributed by atoms with van der Waals surface area (Å²) in [6.45, 7) is 3.06. The molecule has 2 heterocycles. The summed E-state index contributed by atoms with van der Waals surface area (Å²) >= 11 is 1.50. The van der Waals surface area contributed by atoms with Crippen molar-refractivity contribution in [1.82, 2.24) is 9.97 Å². The first-order chi connectivity index (χ1) is 13.1. The Kier molecular flexibility index (Phi) is 4.73. The van der Waals surface area contributed by atoms with Crippen LogP contribution in [0.15, 0.2) is 65.5 Å². The summed E-state index contributed by atoms with van der Waals surface area (Å²) in [4.78, 5) is 23.7. The van der Waals surface area contributed by atoms with Crippen molar-refractivity contribution in [2.24, 2.45) is 0 Å². The molecule has 27 heavy (non-hydrogen) atoms. The van der Waals surface area contributed by atoms with Crippen LogP contribution in [0.5, 0.6) is 0 Å². The summed E-state index contributed by atoms with van der Waals surface area (Å²) in [6.07, 6.45) is 0. The van der Waals surface area contributed by atoms with Crippen molar-refractivity contribution in [1.29, 1.82) is 0 Å². The van der Waals surface area contributed by atoms with Crippen molar-refractivity contribution in [3.8, 4) is 10.4 Å². The third kappa shape index (κ3) is 3.61. The number of nitrogens with zero attached hydrogens (tertiary/aromatic N) is 2. The van der Waals surface area contributed by atoms with E-state index in [0.717, 1.165) is 16.1 Å². The zero-order valence-electron chi connectivity index (χ0n) is 14.8. The molecule has 0 saturated heterocycles. The average Bonchev–Trinajstić information content (AvgIpc) is 3.11. The van der Waals surface area contributed by atoms with Crippen molar-refractivity contribution in [2.75, 3.05) is 11.4 Å². The second kappa shape index (κ2) is 7.32. The maximum absolute atomic E-state index is 13.5. The van der Waals surface area contributed by atoms with Gasteiger partial charge < -0.3 is 9.88 Å². The molecular formula is C21H18FN3OS. The van der Waals surface area contributed by atoms with Crippen LogP contribution >= 0.6 is 11.3 Å². The fraction of sp³-hybridized carbons (Fsp3) is 0.143. The van der Waals surface area contributed by atoms with Crippen LogP contribution in [0.3, 0.4) is 0 Å². The van der Waals surface area contributed by atoms with Crippen molar-refractivity contribution in [2.45, 2.75) is 13.5 Å². The Morgan fingerprint density at radius 2 is 1.93 bits per heavy atom. The van der Waals surface area contributed by atoms with Crippen LogP contribution in [-0.4, -0.2) is 16.5 Å². The molecule has 0 radical (unpaired) electrons. The Morgan fingerprint density at radius 3 is 2.67 bits per heavy atom. The predicted molar refractivity (Wildman–Crippen MR) is 109 cm³/mol. The number of aromatic nitrogens is 2. The van der Waals surface area contributed by atoms with E-state index >= 15 is 0 Å². The van der Waals surface area contributed by atoms with Gasteiger partial charge in [-0.2, -0.15) is 0 Å². The molecule has 0 unspecified atom stereocenters. The highest BCUT2D eigenvalue weighted by molar-refractivity contribution is 7.21. The Morgan fingerprint density at radius 1 is 1.11 bits per heavy atom. The van der Waals surface area contributed by atoms with E-state index in [1.807, 2.05) is 54.3 Å². The van der Waals surface area contributed by atoms with E-state index in [0.29, 0.717) is 29.1 Å². The number of anilines is 1. The molecule has 0 amide bonds. The van der Waals surface area contributed by atoms with Crippen molar-refractivity contribution >= 4 is 27.2 Å². The van der Waals surface area contributed by atoms with Crippen LogP contribution in [0.4, 0.5) is 10.1 Å². The number of hydrogen-bond donors (Lipinski definition) is 1. The van der Waals surface area contributed by atoms with Gasteiger partial charge in [0.25, 0.3) is 5.56 Å². The molecule has 6 heteroatoms. The molecule has 0 saturated carbocycles. The number of hydrogen-bond acceptors (Lipinski definition) is 4. The van der Waals surface area contributed by atoms with Crippen LogP contribution in [0, 0.1) is 5.82 Å². The summed E-state index contributed by atoms with van der Waals surface area (Å²) in [5, 5.41) is 0.594. The number of H-pyrrole nitrogens is 1. The highest BCUT2D eigenvalue weighted by atomic mass is 32.1. The second-order valence-corrected chi connectivity index (χ2v) is 7.23. The number of rotatable bonds is 5. The summed E-state index contributed by atoms with van der Waals surface area (Å²) < 4.78 is 13.5. The molecule has 0 spiro atoms. The number of nitrogens with one attached hydrogen (secondary N) is 1. The molecular weight excluding hydrogens is 361 g/mol. The summed E-state index contributed by atoms with van der Waals surface area (Å²) in [7, 11) is 0. The molecule has 4 aromatic rings. The average molecular weight is 379 g/mol. The molecule has 4 nitrogen and oxygen atoms in total. The fourth-order valence-corrected chi connectivity index (χ4v) is 4.09. The van der Waals surface area contributed by atoms with Gasteiger partial charge >= 0.3 is 0 Å². The molecule has 2 aromatic heterocycles. The van der Waals surface area contributed by atoms with E-state index < -0.39 is 0 Å². The minimum Gasteiger partial charge on any atom is -0.364 e. The highest BCUT2D eigenvalue weighted by Crippen LogP contribution is 2.30. The number of halogens is 1. The largest absolute Gasteiger partial charge is 0.364 e. The van der Waals surface area contributed by atoms with Gasteiger partial charge in [0, 0.05) is 17.1 Å². The minimum absolute atomic E-state index is 0.149. The van der Waals surface area contributed by atoms with Gasteiger partial charge in [-0.15, -0.1) is 11.3 Å². The first-order valence-corrected chi connectivity index (χ1v) is 9.54. The van der Waals surface area contributed by atoms with Crippen LogP contribution < -0.4 is 10.5 Å². The van der Waals surface area contributed by atoms with E-state index in [4.69, 9.17) is 0 Å². The molecule has 0 aliphatic rings. The molecule has 0 aliphatic carbocycles. The monoisotopic (exact) mass is 379 g/mol. The lowest BCUT2D eigenvalue weighted by atomic mass is 10.2. The quantitative estimate of drug-likeness (QED) is 0.541. The topological polar surface area (TPSA) is 49.0 Å². The van der Waals surface area contributed by atoms with Crippen LogP contribution in [0.25, 0.3) is 20.7 Å². The number of aromatic amines is 1. The standard InChI is InChI=1S/C21H18FN3OS/c1-2-25(16-10-6-9-15(22)11-16)13-19-23-20(26)17-12-18(27-21(17)24-19)14-7-4-3-5-8-14/h3-12H,2,13H2,1H3,(H,23,24,26). The van der Waals surface area contributed by atoms with E-state index in [1.165, 1.54) is 23.5 Å². The van der Waals surface area contributed by atoms with Crippen molar-refractivity contribution in [3.05, 3.63) is 82.7 Å². The first-order valence-electron chi connectivity index (χ1n) is 8.72. The van der Waals surface area contributed by atoms with Crippen LogP contribution in [-0.2, 0) is 6.54 Å². The summed E-state index contributed by atoms with van der Waals surface area (Å²) in [5.74, 6) is 0.286. The molecule has 0 fully saturated rings. The van der Waals surface area contributed by atoms with E-state index in [-0.39, 0.29) is 11.4 Å². The molecule has 0 aliphatic heterocycles. The maximum atomic E-state index is 13.5. The lowest BCUT2D eigenvalue weighted by Gasteiger charge is -2.22. The zero-order chi connectivity index (χ0) is 18.8. The number of thiophene rings is 1. The van der Waals surface area contributed by atoms with Gasteiger partial charge in [0.2, 0.25) is 0 Å². The van der Waals surface area contributed by atoms with Crippen molar-refractivity contribution < 1.29 is 4.39 Å². The van der Waals surface area contributed by atoms with E-state index in [2.05, 4.69) is 9.97 Å². The third-order valence-electron chi connectivity index (χ3n) is 4.41. The molecule has 4 rings (SSSR count). The molecule has 0 bridgehead atoms. The number of fused-ring (bicyclic) bond motifs is 1. The fourth-order valence-electron chi connectivity index (χ4n) is 3.03. The lowest BCUT2D eigenvalue weighted by molar-refractivity contribution is 0.626. The van der Waals surface area contributed by atoms with Crippen LogP contribution in [0.1, 0.15) is 12.7 Å². The van der Waals surface area contributed by atoms with Gasteiger partial charge in [0.15, 0.2) is 0 Å². The minimum atomic E-state index is -0.284. The van der Waals surface area contributed by atoms with Gasteiger partial charge in [0.05, 0.1) is 11.9 Å². The van der Waals surface area contributed by atoms with Gasteiger partial charge in [0.1, 0.15) is 16.5 Å². The predicted octanol–water partition coefficient (Wildman–Crippen LogP) is 4.82. The maximum Gasteiger partial charge on any atom is 0.259 e. The molecule has 2 aromatic carbocycles. The van der Waals surface area contributed by atoms with Gasteiger partial charge in [-0.1, -0.05) is 36.4 Å². The Hall–Kier alpha value is -2.99. The van der Waals surface area contributed by atoms with E-state index in [9.17, 15) is 9.18 Å². The molecule has 0 atom stereocenters. The normalized spacial score (nSPS) is 11.0.